The third-order valence-corrected chi connectivity index (χ3v) is 2.26. The lowest BCUT2D eigenvalue weighted by molar-refractivity contribution is 0.398. The first-order valence-corrected chi connectivity index (χ1v) is 5.31. The molecule has 1 aromatic carbocycles. The van der Waals surface area contributed by atoms with Crippen LogP contribution in [-0.4, -0.2) is 4.98 Å². The van der Waals surface area contributed by atoms with Crippen LogP contribution in [0.5, 0.6) is 11.6 Å². The molecule has 1 aromatic heterocycles. The lowest BCUT2D eigenvalue weighted by Gasteiger charge is -2.07. The van der Waals surface area contributed by atoms with E-state index in [0.717, 1.165) is 12.1 Å². The average Bonchev–Trinajstić information content (AvgIpc) is 2.36. The van der Waals surface area contributed by atoms with E-state index in [0.29, 0.717) is 0 Å². The van der Waals surface area contributed by atoms with Crippen LogP contribution in [0.3, 0.4) is 0 Å². The van der Waals surface area contributed by atoms with Crippen LogP contribution in [0.25, 0.3) is 10.4 Å². The van der Waals surface area contributed by atoms with Crippen molar-refractivity contribution in [3.05, 3.63) is 57.6 Å². The van der Waals surface area contributed by atoms with Gasteiger partial charge in [-0.1, -0.05) is 16.7 Å². The molecule has 96 valence electrons. The maximum atomic E-state index is 13.6. The first kappa shape index (κ1) is 13.1. The van der Waals surface area contributed by atoms with Crippen molar-refractivity contribution in [1.82, 2.24) is 4.98 Å². The summed E-state index contributed by atoms with van der Waals surface area (Å²) in [6.45, 7) is 0. The van der Waals surface area contributed by atoms with Gasteiger partial charge in [0.15, 0.2) is 17.4 Å². The van der Waals surface area contributed by atoms with Crippen LogP contribution >= 0.6 is 11.6 Å². The molecule has 0 atom stereocenters. The summed E-state index contributed by atoms with van der Waals surface area (Å²) in [7, 11) is 0. The molecular weight excluding hydrogens is 278 g/mol. The van der Waals surface area contributed by atoms with Crippen LogP contribution in [-0.2, 0) is 0 Å². The second kappa shape index (κ2) is 5.51. The second-order valence-electron chi connectivity index (χ2n) is 3.35. The number of halogens is 3. The lowest BCUT2D eigenvalue weighted by atomic mass is 10.3. The number of aromatic nitrogens is 1. The summed E-state index contributed by atoms with van der Waals surface area (Å²) in [5, 5.41) is 3.32. The number of nitrogens with zero attached hydrogens (tertiary/aromatic N) is 4. The van der Waals surface area contributed by atoms with E-state index in [2.05, 4.69) is 15.0 Å². The Balaban J connectivity index is 2.30. The molecule has 19 heavy (non-hydrogen) atoms. The number of hydrogen-bond acceptors (Lipinski definition) is 3. The summed E-state index contributed by atoms with van der Waals surface area (Å²) in [6, 6.07) is 4.49. The van der Waals surface area contributed by atoms with E-state index in [1.807, 2.05) is 0 Å². The Bertz CT molecular complexity index is 674. The summed E-state index contributed by atoms with van der Waals surface area (Å²) in [5.41, 5.74) is 8.29. The Morgan fingerprint density at radius 1 is 1.26 bits per heavy atom. The van der Waals surface area contributed by atoms with E-state index in [1.54, 1.807) is 0 Å². The van der Waals surface area contributed by atoms with Crippen molar-refractivity contribution in [1.29, 1.82) is 0 Å². The van der Waals surface area contributed by atoms with Gasteiger partial charge in [0.05, 0.1) is 5.02 Å². The minimum atomic E-state index is -0.814. The van der Waals surface area contributed by atoms with Crippen molar-refractivity contribution in [2.45, 2.75) is 0 Å². The maximum absolute atomic E-state index is 13.6. The normalized spacial score (nSPS) is 9.84. The van der Waals surface area contributed by atoms with Crippen molar-refractivity contribution >= 4 is 17.3 Å². The molecule has 0 bridgehead atoms. The third kappa shape index (κ3) is 3.09. The minimum absolute atomic E-state index is 0.0805. The first-order chi connectivity index (χ1) is 9.10. The molecule has 0 amide bonds. The number of azide groups is 1. The highest BCUT2D eigenvalue weighted by molar-refractivity contribution is 6.30. The monoisotopic (exact) mass is 282 g/mol. The molecule has 0 saturated heterocycles. The molecule has 5 nitrogen and oxygen atoms in total. The van der Waals surface area contributed by atoms with Crippen LogP contribution < -0.4 is 4.74 Å². The van der Waals surface area contributed by atoms with E-state index in [1.165, 1.54) is 18.3 Å². The zero-order valence-corrected chi connectivity index (χ0v) is 9.97. The van der Waals surface area contributed by atoms with E-state index >= 15 is 0 Å². The summed E-state index contributed by atoms with van der Waals surface area (Å²) < 4.78 is 32.0. The van der Waals surface area contributed by atoms with Crippen molar-refractivity contribution in [2.24, 2.45) is 5.11 Å². The standard InChI is InChI=1S/C11H5ClF2N4O/c12-6-3-9(14)11(16-5-6)19-10-2-1-7(17-18-15)4-8(10)13/h1-5H. The SMILES string of the molecule is [N-]=[N+]=Nc1ccc(Oc2ncc(Cl)cc2F)c(F)c1. The first-order valence-electron chi connectivity index (χ1n) is 4.93. The summed E-state index contributed by atoms with van der Waals surface area (Å²) in [4.78, 5) is 6.11. The van der Waals surface area contributed by atoms with E-state index in [9.17, 15) is 8.78 Å². The number of ether oxygens (including phenoxy) is 1. The third-order valence-electron chi connectivity index (χ3n) is 2.06. The molecule has 0 aliphatic rings. The van der Waals surface area contributed by atoms with Gasteiger partial charge >= 0.3 is 0 Å². The van der Waals surface area contributed by atoms with Gasteiger partial charge in [0.2, 0.25) is 0 Å². The molecule has 8 heteroatoms. The Labute approximate surface area is 111 Å². The van der Waals surface area contributed by atoms with Crippen LogP contribution in [0.15, 0.2) is 35.6 Å². The zero-order chi connectivity index (χ0) is 13.8. The van der Waals surface area contributed by atoms with Gasteiger partial charge in [0.1, 0.15) is 0 Å². The highest BCUT2D eigenvalue weighted by atomic mass is 35.5. The van der Waals surface area contributed by atoms with Gasteiger partial charge in [-0.15, -0.1) is 0 Å². The molecule has 2 rings (SSSR count). The van der Waals surface area contributed by atoms with Crippen LogP contribution in [0, 0.1) is 11.6 Å². The quantitative estimate of drug-likeness (QED) is 0.463. The molecule has 0 N–H and O–H groups in total. The Kier molecular flexibility index (Phi) is 3.79. The van der Waals surface area contributed by atoms with Gasteiger partial charge in [-0.05, 0) is 29.8 Å². The molecule has 2 aromatic rings. The topological polar surface area (TPSA) is 70.9 Å². The van der Waals surface area contributed by atoms with Gasteiger partial charge in [0, 0.05) is 16.8 Å². The fourth-order valence-corrected chi connectivity index (χ4v) is 1.41. The Morgan fingerprint density at radius 2 is 2.05 bits per heavy atom. The van der Waals surface area contributed by atoms with Crippen molar-refractivity contribution < 1.29 is 13.5 Å². The molecule has 0 spiro atoms. The smallest absolute Gasteiger partial charge is 0.256 e. The Hall–Kier alpha value is -2.37. The van der Waals surface area contributed by atoms with Gasteiger partial charge < -0.3 is 4.74 Å². The fraction of sp³-hybridized carbons (Fsp3) is 0. The number of rotatable bonds is 3. The van der Waals surface area contributed by atoms with E-state index in [4.69, 9.17) is 21.9 Å². The molecule has 1 heterocycles. The molecular formula is C11H5ClF2N4O. The van der Waals surface area contributed by atoms with E-state index < -0.39 is 17.5 Å². The molecule has 0 saturated carbocycles. The summed E-state index contributed by atoms with van der Waals surface area (Å²) in [6.07, 6.45) is 1.17. The molecule has 0 unspecified atom stereocenters. The van der Waals surface area contributed by atoms with Crippen LogP contribution in [0.2, 0.25) is 5.02 Å². The molecule has 0 aliphatic carbocycles. The van der Waals surface area contributed by atoms with Gasteiger partial charge in [0.25, 0.3) is 5.88 Å². The van der Waals surface area contributed by atoms with Crippen LogP contribution in [0.4, 0.5) is 14.5 Å². The van der Waals surface area contributed by atoms with Crippen molar-refractivity contribution in [3.63, 3.8) is 0 Å². The average molecular weight is 283 g/mol. The number of hydrogen-bond donors (Lipinski definition) is 0. The van der Waals surface area contributed by atoms with Crippen molar-refractivity contribution in [3.8, 4) is 11.6 Å². The Morgan fingerprint density at radius 3 is 2.68 bits per heavy atom. The second-order valence-corrected chi connectivity index (χ2v) is 3.78. The van der Waals surface area contributed by atoms with Gasteiger partial charge in [-0.25, -0.2) is 13.8 Å². The summed E-state index contributed by atoms with van der Waals surface area (Å²) in [5.74, 6) is -2.27. The highest BCUT2D eigenvalue weighted by Gasteiger charge is 2.11. The fourth-order valence-electron chi connectivity index (χ4n) is 1.27. The van der Waals surface area contributed by atoms with Crippen LogP contribution in [0.1, 0.15) is 0 Å². The number of benzene rings is 1. The largest absolute Gasteiger partial charge is 0.433 e. The lowest BCUT2D eigenvalue weighted by Crippen LogP contribution is -1.93. The predicted octanol–water partition coefficient (Wildman–Crippen LogP) is 4.75. The van der Waals surface area contributed by atoms with E-state index in [-0.39, 0.29) is 16.5 Å². The molecule has 0 radical (unpaired) electrons. The minimum Gasteiger partial charge on any atom is -0.433 e. The highest BCUT2D eigenvalue weighted by Crippen LogP contribution is 2.28. The van der Waals surface area contributed by atoms with Crippen molar-refractivity contribution in [2.75, 3.05) is 0 Å². The number of pyridine rings is 1. The summed E-state index contributed by atoms with van der Waals surface area (Å²) >= 11 is 5.53. The molecule has 0 fully saturated rings. The maximum Gasteiger partial charge on any atom is 0.256 e. The van der Waals surface area contributed by atoms with Gasteiger partial charge in [-0.2, -0.15) is 0 Å². The molecule has 0 aliphatic heterocycles. The predicted molar refractivity (Wildman–Crippen MR) is 64.5 cm³/mol. The van der Waals surface area contributed by atoms with Gasteiger partial charge in [-0.3, -0.25) is 0 Å². The zero-order valence-electron chi connectivity index (χ0n) is 9.22.